The summed E-state index contributed by atoms with van der Waals surface area (Å²) in [5.41, 5.74) is 1.66. The number of hydrogen-bond acceptors (Lipinski definition) is 4. The van der Waals surface area contributed by atoms with Crippen molar-refractivity contribution in [1.82, 2.24) is 0 Å². The fourth-order valence-electron chi connectivity index (χ4n) is 1.36. The normalized spacial score (nSPS) is 11.9. The van der Waals surface area contributed by atoms with Gasteiger partial charge in [0, 0.05) is 0 Å². The molecule has 0 bridgehead atoms. The molecule has 0 spiro atoms. The van der Waals surface area contributed by atoms with Crippen molar-refractivity contribution in [1.29, 1.82) is 0 Å². The van der Waals surface area contributed by atoms with Crippen LogP contribution in [0.25, 0.3) is 0 Å². The maximum absolute atomic E-state index is 10.7. The first-order chi connectivity index (χ1) is 8.67. The molecular formula is C13H17N3O2. The van der Waals surface area contributed by atoms with Crippen molar-refractivity contribution in [3.8, 4) is 0 Å². The molecule has 1 aromatic carbocycles. The zero-order chi connectivity index (χ0) is 13.4. The lowest BCUT2D eigenvalue weighted by Gasteiger charge is -1.98. The number of unbranched alkanes of at least 4 members (excludes halogenated alkanes) is 1. The monoisotopic (exact) mass is 247 g/mol. The van der Waals surface area contributed by atoms with Gasteiger partial charge in [0.1, 0.15) is 0 Å². The van der Waals surface area contributed by atoms with Crippen LogP contribution in [0.4, 0.5) is 5.69 Å². The molecule has 0 heterocycles. The van der Waals surface area contributed by atoms with Crippen LogP contribution in [0.5, 0.6) is 0 Å². The number of aliphatic imine (C=N–C) groups is 1. The van der Waals surface area contributed by atoms with Crippen LogP contribution in [0, 0.1) is 0 Å². The highest BCUT2D eigenvalue weighted by molar-refractivity contribution is 6.30. The number of benzene rings is 1. The van der Waals surface area contributed by atoms with Gasteiger partial charge in [0.15, 0.2) is 0 Å². The maximum Gasteiger partial charge on any atom is 0.335 e. The summed E-state index contributed by atoms with van der Waals surface area (Å²) in [6.45, 7) is 2.09. The van der Waals surface area contributed by atoms with Gasteiger partial charge in [-0.15, -0.1) is 0 Å². The quantitative estimate of drug-likeness (QED) is 0.460. The second-order valence-corrected chi connectivity index (χ2v) is 3.83. The highest BCUT2D eigenvalue weighted by Crippen LogP contribution is 2.12. The summed E-state index contributed by atoms with van der Waals surface area (Å²) in [7, 11) is 0. The molecule has 1 aromatic rings. The molecule has 5 heteroatoms. The SMILES string of the molecule is CCCC/C(C=Nc1ccc(C(=O)O)cc1)=N/N. The molecule has 0 aromatic heterocycles. The molecule has 0 atom stereocenters. The van der Waals surface area contributed by atoms with Crippen LogP contribution < -0.4 is 5.84 Å². The van der Waals surface area contributed by atoms with Crippen molar-refractivity contribution >= 4 is 23.6 Å². The molecular weight excluding hydrogens is 230 g/mol. The van der Waals surface area contributed by atoms with Gasteiger partial charge >= 0.3 is 5.97 Å². The minimum Gasteiger partial charge on any atom is -0.478 e. The molecule has 18 heavy (non-hydrogen) atoms. The van der Waals surface area contributed by atoms with Gasteiger partial charge < -0.3 is 10.9 Å². The lowest BCUT2D eigenvalue weighted by molar-refractivity contribution is 0.0697. The van der Waals surface area contributed by atoms with Gasteiger partial charge in [-0.1, -0.05) is 13.3 Å². The van der Waals surface area contributed by atoms with E-state index in [4.69, 9.17) is 10.9 Å². The average Bonchev–Trinajstić information content (AvgIpc) is 2.39. The predicted molar refractivity (Wildman–Crippen MR) is 72.7 cm³/mol. The first kappa shape index (κ1) is 13.9. The van der Waals surface area contributed by atoms with E-state index < -0.39 is 5.97 Å². The summed E-state index contributed by atoms with van der Waals surface area (Å²) < 4.78 is 0. The Morgan fingerprint density at radius 2 is 2.06 bits per heavy atom. The summed E-state index contributed by atoms with van der Waals surface area (Å²) in [4.78, 5) is 14.9. The van der Waals surface area contributed by atoms with Gasteiger partial charge in [-0.3, -0.25) is 4.99 Å². The summed E-state index contributed by atoms with van der Waals surface area (Å²) in [5.74, 6) is 4.31. The van der Waals surface area contributed by atoms with Crippen LogP contribution in [-0.4, -0.2) is 23.0 Å². The summed E-state index contributed by atoms with van der Waals surface area (Å²) in [6, 6.07) is 6.32. The van der Waals surface area contributed by atoms with E-state index in [1.54, 1.807) is 18.3 Å². The molecule has 0 saturated carbocycles. The van der Waals surface area contributed by atoms with E-state index in [0.717, 1.165) is 25.0 Å². The van der Waals surface area contributed by atoms with E-state index in [2.05, 4.69) is 17.0 Å². The molecule has 0 aliphatic rings. The first-order valence-electron chi connectivity index (χ1n) is 5.81. The Morgan fingerprint density at radius 3 is 2.56 bits per heavy atom. The zero-order valence-corrected chi connectivity index (χ0v) is 10.3. The van der Waals surface area contributed by atoms with Crippen molar-refractivity contribution in [3.05, 3.63) is 29.8 Å². The second-order valence-electron chi connectivity index (χ2n) is 3.83. The van der Waals surface area contributed by atoms with Crippen LogP contribution in [-0.2, 0) is 0 Å². The number of hydrazone groups is 1. The van der Waals surface area contributed by atoms with Crippen LogP contribution >= 0.6 is 0 Å². The van der Waals surface area contributed by atoms with E-state index in [1.165, 1.54) is 12.1 Å². The smallest absolute Gasteiger partial charge is 0.335 e. The van der Waals surface area contributed by atoms with Crippen LogP contribution in [0.15, 0.2) is 34.4 Å². The summed E-state index contributed by atoms with van der Waals surface area (Å²) >= 11 is 0. The van der Waals surface area contributed by atoms with Crippen LogP contribution in [0.1, 0.15) is 36.5 Å². The molecule has 0 unspecified atom stereocenters. The minimum atomic E-state index is -0.947. The maximum atomic E-state index is 10.7. The summed E-state index contributed by atoms with van der Waals surface area (Å²) in [5, 5.41) is 12.4. The predicted octanol–water partition coefficient (Wildman–Crippen LogP) is 2.59. The lowest BCUT2D eigenvalue weighted by Crippen LogP contribution is -2.03. The fraction of sp³-hybridized carbons (Fsp3) is 0.308. The van der Waals surface area contributed by atoms with E-state index in [1.807, 2.05) is 0 Å². The Kier molecular flexibility index (Phi) is 5.57. The van der Waals surface area contributed by atoms with Gasteiger partial charge in [0.2, 0.25) is 0 Å². The van der Waals surface area contributed by atoms with Crippen molar-refractivity contribution in [3.63, 3.8) is 0 Å². The molecule has 0 amide bonds. The number of carbonyl (C=O) groups is 1. The fourth-order valence-corrected chi connectivity index (χ4v) is 1.36. The van der Waals surface area contributed by atoms with E-state index in [0.29, 0.717) is 5.69 Å². The molecule has 0 saturated heterocycles. The molecule has 0 aliphatic carbocycles. The Balaban J connectivity index is 2.68. The number of carboxylic acid groups (broad SMARTS) is 1. The largest absolute Gasteiger partial charge is 0.478 e. The van der Waals surface area contributed by atoms with Gasteiger partial charge in [-0.2, -0.15) is 5.10 Å². The van der Waals surface area contributed by atoms with Crippen molar-refractivity contribution < 1.29 is 9.90 Å². The molecule has 0 fully saturated rings. The minimum absolute atomic E-state index is 0.243. The highest BCUT2D eigenvalue weighted by atomic mass is 16.4. The number of nitrogens with zero attached hydrogens (tertiary/aromatic N) is 2. The summed E-state index contributed by atoms with van der Waals surface area (Å²) in [6.07, 6.45) is 4.50. The number of carboxylic acids is 1. The van der Waals surface area contributed by atoms with E-state index >= 15 is 0 Å². The van der Waals surface area contributed by atoms with Crippen molar-refractivity contribution in [2.24, 2.45) is 15.9 Å². The molecule has 0 radical (unpaired) electrons. The Bertz CT molecular complexity index is 450. The molecule has 1 rings (SSSR count). The van der Waals surface area contributed by atoms with Gasteiger partial charge in [0.05, 0.1) is 23.2 Å². The lowest BCUT2D eigenvalue weighted by atomic mass is 10.2. The van der Waals surface area contributed by atoms with Crippen LogP contribution in [0.2, 0.25) is 0 Å². The topological polar surface area (TPSA) is 88.0 Å². The van der Waals surface area contributed by atoms with Crippen molar-refractivity contribution in [2.45, 2.75) is 26.2 Å². The van der Waals surface area contributed by atoms with Gasteiger partial charge in [-0.05, 0) is 37.1 Å². The molecule has 3 N–H and O–H groups in total. The molecule has 0 aliphatic heterocycles. The second kappa shape index (κ2) is 7.21. The number of rotatable bonds is 6. The highest BCUT2D eigenvalue weighted by Gasteiger charge is 2.00. The van der Waals surface area contributed by atoms with Gasteiger partial charge in [-0.25, -0.2) is 4.79 Å². The average molecular weight is 247 g/mol. The number of aromatic carboxylic acids is 1. The third-order valence-electron chi connectivity index (χ3n) is 2.43. The third-order valence-corrected chi connectivity index (χ3v) is 2.43. The molecule has 96 valence electrons. The Labute approximate surface area is 106 Å². The Hall–Kier alpha value is -2.17. The number of hydrogen-bond donors (Lipinski definition) is 2. The number of nitrogens with two attached hydrogens (primary N) is 1. The zero-order valence-electron chi connectivity index (χ0n) is 10.3. The molecule has 5 nitrogen and oxygen atoms in total. The Morgan fingerprint density at radius 1 is 1.39 bits per heavy atom. The van der Waals surface area contributed by atoms with Gasteiger partial charge in [0.25, 0.3) is 0 Å². The van der Waals surface area contributed by atoms with Crippen molar-refractivity contribution in [2.75, 3.05) is 0 Å². The van der Waals surface area contributed by atoms with E-state index in [-0.39, 0.29) is 5.56 Å². The first-order valence-corrected chi connectivity index (χ1v) is 5.81. The standard InChI is InChI=1S/C13H17N3O2/c1-2-3-4-12(16-14)9-15-11-7-5-10(6-8-11)13(17)18/h5-9H,2-4,14H2,1H3,(H,17,18)/b15-9?,16-12-. The third kappa shape index (κ3) is 4.37. The van der Waals surface area contributed by atoms with E-state index in [9.17, 15) is 4.79 Å². The van der Waals surface area contributed by atoms with Crippen LogP contribution in [0.3, 0.4) is 0 Å².